The molecule has 2 heterocycles. The topological polar surface area (TPSA) is 52.8 Å². The van der Waals surface area contributed by atoms with Gasteiger partial charge in [0.1, 0.15) is 5.76 Å². The molecule has 124 valence electrons. The summed E-state index contributed by atoms with van der Waals surface area (Å²) in [6.07, 6.45) is 7.86. The number of piperidine rings is 1. The SMILES string of the molecule is CN=C(NCCc1ccco1)NC1CCN(C2CC2)CC1.I. The molecule has 22 heavy (non-hydrogen) atoms. The molecule has 1 aromatic heterocycles. The van der Waals surface area contributed by atoms with Crippen LogP contribution in [-0.2, 0) is 6.42 Å². The van der Waals surface area contributed by atoms with Gasteiger partial charge in [0.05, 0.1) is 6.26 Å². The number of hydrogen-bond acceptors (Lipinski definition) is 3. The van der Waals surface area contributed by atoms with Crippen molar-refractivity contribution in [1.29, 1.82) is 0 Å². The molecule has 1 aliphatic heterocycles. The number of guanidine groups is 1. The van der Waals surface area contributed by atoms with Crippen LogP contribution in [0.15, 0.2) is 27.8 Å². The van der Waals surface area contributed by atoms with Crippen LogP contribution in [0, 0.1) is 0 Å². The highest BCUT2D eigenvalue weighted by molar-refractivity contribution is 14.0. The summed E-state index contributed by atoms with van der Waals surface area (Å²) in [4.78, 5) is 6.96. The van der Waals surface area contributed by atoms with Gasteiger partial charge in [0.25, 0.3) is 0 Å². The van der Waals surface area contributed by atoms with Crippen molar-refractivity contribution < 1.29 is 4.42 Å². The fourth-order valence-electron chi connectivity index (χ4n) is 3.00. The second-order valence-corrected chi connectivity index (χ2v) is 6.01. The van der Waals surface area contributed by atoms with Gasteiger partial charge in [-0.15, -0.1) is 24.0 Å². The van der Waals surface area contributed by atoms with E-state index in [1.807, 2.05) is 19.2 Å². The number of furan rings is 1. The van der Waals surface area contributed by atoms with Gasteiger partial charge in [-0.2, -0.15) is 0 Å². The molecule has 0 bridgehead atoms. The van der Waals surface area contributed by atoms with E-state index in [1.54, 1.807) is 6.26 Å². The molecule has 2 N–H and O–H groups in total. The Bertz CT molecular complexity index is 451. The van der Waals surface area contributed by atoms with Crippen molar-refractivity contribution in [2.45, 2.75) is 44.2 Å². The number of halogens is 1. The van der Waals surface area contributed by atoms with E-state index in [1.165, 1.54) is 38.8 Å². The zero-order chi connectivity index (χ0) is 14.5. The molecule has 1 aliphatic carbocycles. The Kier molecular flexibility index (Phi) is 7.01. The van der Waals surface area contributed by atoms with Crippen LogP contribution in [0.3, 0.4) is 0 Å². The zero-order valence-electron chi connectivity index (χ0n) is 13.3. The summed E-state index contributed by atoms with van der Waals surface area (Å²) in [5.74, 6) is 1.92. The molecule has 0 aromatic carbocycles. The number of nitrogens with one attached hydrogen (secondary N) is 2. The Labute approximate surface area is 149 Å². The van der Waals surface area contributed by atoms with Crippen LogP contribution in [-0.4, -0.2) is 49.6 Å². The van der Waals surface area contributed by atoms with Gasteiger partial charge >= 0.3 is 0 Å². The van der Waals surface area contributed by atoms with Gasteiger partial charge in [0.15, 0.2) is 5.96 Å². The normalized spacial score (nSPS) is 20.5. The standard InChI is InChI=1S/C16H26N4O.HI/c1-17-16(18-9-6-15-3-2-12-21-15)19-13-7-10-20(11-8-13)14-4-5-14;/h2-3,12-14H,4-11H2,1H3,(H2,17,18,19);1H. The van der Waals surface area contributed by atoms with Gasteiger partial charge < -0.3 is 20.0 Å². The molecular formula is C16H27IN4O. The summed E-state index contributed by atoms with van der Waals surface area (Å²) in [6.45, 7) is 3.30. The van der Waals surface area contributed by atoms with Crippen molar-refractivity contribution in [2.24, 2.45) is 4.99 Å². The minimum Gasteiger partial charge on any atom is -0.469 e. The first kappa shape index (κ1) is 17.6. The van der Waals surface area contributed by atoms with Crippen LogP contribution in [0.1, 0.15) is 31.4 Å². The third-order valence-electron chi connectivity index (χ3n) is 4.40. The molecule has 0 radical (unpaired) electrons. The monoisotopic (exact) mass is 418 g/mol. The highest BCUT2D eigenvalue weighted by atomic mass is 127. The average molecular weight is 418 g/mol. The highest BCUT2D eigenvalue weighted by Crippen LogP contribution is 2.29. The van der Waals surface area contributed by atoms with E-state index in [2.05, 4.69) is 20.5 Å². The van der Waals surface area contributed by atoms with Crippen molar-refractivity contribution in [3.63, 3.8) is 0 Å². The quantitative estimate of drug-likeness (QED) is 0.438. The molecule has 0 amide bonds. The molecule has 3 rings (SSSR count). The average Bonchev–Trinajstić information content (AvgIpc) is 3.24. The zero-order valence-corrected chi connectivity index (χ0v) is 15.6. The van der Waals surface area contributed by atoms with Crippen molar-refractivity contribution >= 4 is 29.9 Å². The highest BCUT2D eigenvalue weighted by Gasteiger charge is 2.31. The first-order chi connectivity index (χ1) is 10.3. The van der Waals surface area contributed by atoms with Crippen LogP contribution < -0.4 is 10.6 Å². The largest absolute Gasteiger partial charge is 0.469 e. The maximum atomic E-state index is 5.33. The van der Waals surface area contributed by atoms with Crippen LogP contribution in [0.5, 0.6) is 0 Å². The Morgan fingerprint density at radius 1 is 1.32 bits per heavy atom. The minimum absolute atomic E-state index is 0. The molecule has 0 spiro atoms. The van der Waals surface area contributed by atoms with E-state index in [0.717, 1.165) is 30.7 Å². The van der Waals surface area contributed by atoms with E-state index >= 15 is 0 Å². The minimum atomic E-state index is 0. The second-order valence-electron chi connectivity index (χ2n) is 6.01. The van der Waals surface area contributed by atoms with Gasteiger partial charge in [-0.05, 0) is 37.8 Å². The summed E-state index contributed by atoms with van der Waals surface area (Å²) in [5.41, 5.74) is 0. The van der Waals surface area contributed by atoms with Crippen molar-refractivity contribution in [1.82, 2.24) is 15.5 Å². The van der Waals surface area contributed by atoms with Crippen LogP contribution in [0.2, 0.25) is 0 Å². The number of rotatable bonds is 5. The summed E-state index contributed by atoms with van der Waals surface area (Å²) in [7, 11) is 1.83. The summed E-state index contributed by atoms with van der Waals surface area (Å²) >= 11 is 0. The number of aliphatic imine (C=N–C) groups is 1. The number of likely N-dealkylation sites (tertiary alicyclic amines) is 1. The van der Waals surface area contributed by atoms with Gasteiger partial charge in [-0.3, -0.25) is 4.99 Å². The molecule has 1 saturated heterocycles. The molecular weight excluding hydrogens is 391 g/mol. The maximum Gasteiger partial charge on any atom is 0.191 e. The summed E-state index contributed by atoms with van der Waals surface area (Å²) in [6, 6.07) is 5.38. The number of hydrogen-bond donors (Lipinski definition) is 2. The van der Waals surface area contributed by atoms with Crippen LogP contribution in [0.25, 0.3) is 0 Å². The van der Waals surface area contributed by atoms with Crippen molar-refractivity contribution in [2.75, 3.05) is 26.7 Å². The predicted octanol–water partition coefficient (Wildman–Crippen LogP) is 2.23. The summed E-state index contributed by atoms with van der Waals surface area (Å²) < 4.78 is 5.33. The molecule has 0 unspecified atom stereocenters. The Morgan fingerprint density at radius 3 is 2.68 bits per heavy atom. The van der Waals surface area contributed by atoms with Crippen LogP contribution >= 0.6 is 24.0 Å². The van der Waals surface area contributed by atoms with E-state index in [-0.39, 0.29) is 24.0 Å². The molecule has 2 aliphatic rings. The van der Waals surface area contributed by atoms with Crippen molar-refractivity contribution in [3.8, 4) is 0 Å². The molecule has 5 nitrogen and oxygen atoms in total. The van der Waals surface area contributed by atoms with Crippen molar-refractivity contribution in [3.05, 3.63) is 24.2 Å². The fraction of sp³-hybridized carbons (Fsp3) is 0.688. The lowest BCUT2D eigenvalue weighted by Gasteiger charge is -2.33. The van der Waals surface area contributed by atoms with Gasteiger partial charge in [-0.25, -0.2) is 0 Å². The Morgan fingerprint density at radius 2 is 2.09 bits per heavy atom. The first-order valence-electron chi connectivity index (χ1n) is 8.09. The molecule has 2 fully saturated rings. The first-order valence-corrected chi connectivity index (χ1v) is 8.09. The van der Waals surface area contributed by atoms with E-state index in [9.17, 15) is 0 Å². The van der Waals surface area contributed by atoms with E-state index < -0.39 is 0 Å². The van der Waals surface area contributed by atoms with Gasteiger partial charge in [0.2, 0.25) is 0 Å². The lowest BCUT2D eigenvalue weighted by molar-refractivity contribution is 0.197. The van der Waals surface area contributed by atoms with Gasteiger partial charge in [-0.1, -0.05) is 0 Å². The molecule has 6 heteroatoms. The number of nitrogens with zero attached hydrogens (tertiary/aromatic N) is 2. The molecule has 0 atom stereocenters. The smallest absolute Gasteiger partial charge is 0.191 e. The van der Waals surface area contributed by atoms with Gasteiger partial charge in [0, 0.05) is 45.2 Å². The second kappa shape index (κ2) is 8.76. The fourth-order valence-corrected chi connectivity index (χ4v) is 3.00. The molecule has 1 saturated carbocycles. The predicted molar refractivity (Wildman–Crippen MR) is 99.9 cm³/mol. The lowest BCUT2D eigenvalue weighted by atomic mass is 10.1. The third-order valence-corrected chi connectivity index (χ3v) is 4.40. The lowest BCUT2D eigenvalue weighted by Crippen LogP contribution is -2.49. The maximum absolute atomic E-state index is 5.33. The summed E-state index contributed by atoms with van der Waals surface area (Å²) in [5, 5.41) is 6.91. The Hall–Kier alpha value is -0.760. The van der Waals surface area contributed by atoms with Crippen LogP contribution in [0.4, 0.5) is 0 Å². The molecule has 1 aromatic rings. The van der Waals surface area contributed by atoms with E-state index in [4.69, 9.17) is 4.42 Å². The Balaban J connectivity index is 0.00000176. The third kappa shape index (κ3) is 5.15. The van der Waals surface area contributed by atoms with E-state index in [0.29, 0.717) is 6.04 Å².